The minimum Gasteiger partial charge on any atom is -0.495 e. The molecule has 1 aromatic carbocycles. The van der Waals surface area contributed by atoms with Crippen LogP contribution in [0, 0.1) is 0 Å². The van der Waals surface area contributed by atoms with E-state index in [0.717, 1.165) is 0 Å². The molecule has 2 aromatic rings. The Bertz CT molecular complexity index is 749. The lowest BCUT2D eigenvalue weighted by Crippen LogP contribution is -2.39. The Labute approximate surface area is 157 Å². The molecular weight excluding hydrogens is 358 g/mol. The van der Waals surface area contributed by atoms with Gasteiger partial charge in [-0.2, -0.15) is 0 Å². The SMILES string of the molecule is COc1ccc(Cl)cc1NC(=O)CN(C)CC(=O)N[C@H](C)c1ccco1. The third-order valence-electron chi connectivity index (χ3n) is 3.61. The van der Waals surface area contributed by atoms with E-state index in [9.17, 15) is 9.59 Å². The van der Waals surface area contributed by atoms with Gasteiger partial charge in [-0.05, 0) is 44.3 Å². The van der Waals surface area contributed by atoms with Crippen LogP contribution in [-0.2, 0) is 9.59 Å². The first-order valence-electron chi connectivity index (χ1n) is 8.03. The predicted molar refractivity (Wildman–Crippen MR) is 99.4 cm³/mol. The second kappa shape index (κ2) is 9.26. The normalized spacial score (nSPS) is 11.9. The molecule has 2 amide bonds. The van der Waals surface area contributed by atoms with Crippen molar-refractivity contribution in [1.82, 2.24) is 10.2 Å². The summed E-state index contributed by atoms with van der Waals surface area (Å²) in [5, 5.41) is 6.04. The van der Waals surface area contributed by atoms with Gasteiger partial charge in [-0.1, -0.05) is 11.6 Å². The predicted octanol–water partition coefficient (Wildman–Crippen LogP) is 2.69. The molecule has 0 fully saturated rings. The number of carbonyl (C=O) groups excluding carboxylic acids is 2. The number of ether oxygens (including phenoxy) is 1. The van der Waals surface area contributed by atoms with E-state index in [4.69, 9.17) is 20.8 Å². The maximum atomic E-state index is 12.2. The third-order valence-corrected chi connectivity index (χ3v) is 3.85. The number of rotatable bonds is 8. The van der Waals surface area contributed by atoms with E-state index in [0.29, 0.717) is 22.2 Å². The van der Waals surface area contributed by atoms with Crippen LogP contribution in [0.15, 0.2) is 41.0 Å². The summed E-state index contributed by atoms with van der Waals surface area (Å²) in [6, 6.07) is 8.27. The topological polar surface area (TPSA) is 83.8 Å². The average Bonchev–Trinajstić information content (AvgIpc) is 3.09. The summed E-state index contributed by atoms with van der Waals surface area (Å²) >= 11 is 5.94. The Morgan fingerprint density at radius 1 is 1.27 bits per heavy atom. The second-order valence-corrected chi connectivity index (χ2v) is 6.31. The van der Waals surface area contributed by atoms with Gasteiger partial charge in [0.25, 0.3) is 0 Å². The van der Waals surface area contributed by atoms with E-state index in [1.807, 2.05) is 6.92 Å². The van der Waals surface area contributed by atoms with Crippen molar-refractivity contribution in [3.8, 4) is 5.75 Å². The smallest absolute Gasteiger partial charge is 0.238 e. The number of carbonyl (C=O) groups is 2. The number of furan rings is 1. The summed E-state index contributed by atoms with van der Waals surface area (Å²) in [5.74, 6) is 0.701. The molecule has 1 heterocycles. The molecule has 7 nitrogen and oxygen atoms in total. The molecule has 0 aliphatic heterocycles. The fourth-order valence-corrected chi connectivity index (χ4v) is 2.58. The van der Waals surface area contributed by atoms with Crippen molar-refractivity contribution in [1.29, 1.82) is 0 Å². The highest BCUT2D eigenvalue weighted by atomic mass is 35.5. The van der Waals surface area contributed by atoms with Crippen molar-refractivity contribution < 1.29 is 18.7 Å². The molecule has 8 heteroatoms. The summed E-state index contributed by atoms with van der Waals surface area (Å²) in [6.45, 7) is 1.94. The maximum absolute atomic E-state index is 12.2. The van der Waals surface area contributed by atoms with Gasteiger partial charge in [0.1, 0.15) is 11.5 Å². The van der Waals surface area contributed by atoms with Crippen molar-refractivity contribution in [3.63, 3.8) is 0 Å². The molecule has 26 heavy (non-hydrogen) atoms. The van der Waals surface area contributed by atoms with Gasteiger partial charge in [0.15, 0.2) is 0 Å². The monoisotopic (exact) mass is 379 g/mol. The van der Waals surface area contributed by atoms with Gasteiger partial charge in [0.05, 0.1) is 38.2 Å². The van der Waals surface area contributed by atoms with Crippen LogP contribution < -0.4 is 15.4 Å². The summed E-state index contributed by atoms with van der Waals surface area (Å²) in [7, 11) is 3.20. The number of nitrogens with one attached hydrogen (secondary N) is 2. The molecule has 0 saturated heterocycles. The zero-order valence-corrected chi connectivity index (χ0v) is 15.7. The van der Waals surface area contributed by atoms with Crippen molar-refractivity contribution >= 4 is 29.1 Å². The largest absolute Gasteiger partial charge is 0.495 e. The lowest BCUT2D eigenvalue weighted by atomic mass is 10.2. The minimum atomic E-state index is -0.278. The summed E-state index contributed by atoms with van der Waals surface area (Å²) < 4.78 is 10.4. The third kappa shape index (κ3) is 5.79. The van der Waals surface area contributed by atoms with Gasteiger partial charge >= 0.3 is 0 Å². The number of likely N-dealkylation sites (N-methyl/N-ethyl adjacent to an activating group) is 1. The average molecular weight is 380 g/mol. The van der Waals surface area contributed by atoms with Crippen molar-refractivity contribution in [3.05, 3.63) is 47.4 Å². The Hall–Kier alpha value is -2.51. The summed E-state index contributed by atoms with van der Waals surface area (Å²) in [5.41, 5.74) is 0.481. The number of methoxy groups -OCH3 is 1. The zero-order chi connectivity index (χ0) is 19.1. The second-order valence-electron chi connectivity index (χ2n) is 5.87. The molecule has 0 bridgehead atoms. The first kappa shape index (κ1) is 19.8. The Morgan fingerprint density at radius 2 is 2.00 bits per heavy atom. The maximum Gasteiger partial charge on any atom is 0.238 e. The van der Waals surface area contributed by atoms with Crippen LogP contribution in [0.2, 0.25) is 5.02 Å². The highest BCUT2D eigenvalue weighted by molar-refractivity contribution is 6.31. The fraction of sp³-hybridized carbons (Fsp3) is 0.333. The van der Waals surface area contributed by atoms with Crippen LogP contribution in [0.1, 0.15) is 18.7 Å². The highest BCUT2D eigenvalue weighted by Gasteiger charge is 2.16. The van der Waals surface area contributed by atoms with Gasteiger partial charge in [-0.3, -0.25) is 14.5 Å². The number of hydrogen-bond acceptors (Lipinski definition) is 5. The molecule has 140 valence electrons. The summed E-state index contributed by atoms with van der Waals surface area (Å²) in [6.07, 6.45) is 1.55. The van der Waals surface area contributed by atoms with Crippen LogP contribution >= 0.6 is 11.6 Å². The molecule has 0 spiro atoms. The molecule has 0 aliphatic carbocycles. The summed E-state index contributed by atoms with van der Waals surface area (Å²) in [4.78, 5) is 25.9. The first-order valence-corrected chi connectivity index (χ1v) is 8.41. The van der Waals surface area contributed by atoms with Crippen LogP contribution in [0.3, 0.4) is 0 Å². The molecule has 1 aromatic heterocycles. The molecule has 0 aliphatic rings. The van der Waals surface area contributed by atoms with Crippen LogP contribution in [0.5, 0.6) is 5.75 Å². The minimum absolute atomic E-state index is 0.0399. The number of amides is 2. The fourth-order valence-electron chi connectivity index (χ4n) is 2.41. The molecule has 0 radical (unpaired) electrons. The van der Waals surface area contributed by atoms with Crippen molar-refractivity contribution in [2.24, 2.45) is 0 Å². The Balaban J connectivity index is 1.83. The van der Waals surface area contributed by atoms with Crippen molar-refractivity contribution in [2.45, 2.75) is 13.0 Å². The molecule has 0 saturated carbocycles. The highest BCUT2D eigenvalue weighted by Crippen LogP contribution is 2.27. The van der Waals surface area contributed by atoms with E-state index >= 15 is 0 Å². The van der Waals surface area contributed by atoms with Crippen LogP contribution in [0.4, 0.5) is 5.69 Å². The van der Waals surface area contributed by atoms with E-state index in [1.165, 1.54) is 7.11 Å². The van der Waals surface area contributed by atoms with E-state index in [-0.39, 0.29) is 30.9 Å². The molecule has 1 atom stereocenters. The van der Waals surface area contributed by atoms with E-state index < -0.39 is 0 Å². The van der Waals surface area contributed by atoms with Gasteiger partial charge in [-0.25, -0.2) is 0 Å². The number of nitrogens with zero attached hydrogens (tertiary/aromatic N) is 1. The molecule has 2 N–H and O–H groups in total. The Kier molecular flexibility index (Phi) is 7.06. The van der Waals surface area contributed by atoms with Gasteiger partial charge in [0, 0.05) is 5.02 Å². The lowest BCUT2D eigenvalue weighted by Gasteiger charge is -2.18. The Morgan fingerprint density at radius 3 is 2.65 bits per heavy atom. The standard InChI is InChI=1S/C18H22ClN3O4/c1-12(15-5-4-8-26-15)20-17(23)10-22(2)11-18(24)21-14-9-13(19)6-7-16(14)25-3/h4-9,12H,10-11H2,1-3H3,(H,20,23)(H,21,24)/t12-/m1/s1. The number of halogens is 1. The number of benzene rings is 1. The molecule has 0 unspecified atom stereocenters. The van der Waals surface area contributed by atoms with Gasteiger partial charge in [0.2, 0.25) is 11.8 Å². The quantitative estimate of drug-likeness (QED) is 0.736. The number of anilines is 1. The van der Waals surface area contributed by atoms with Gasteiger partial charge in [-0.15, -0.1) is 0 Å². The first-order chi connectivity index (χ1) is 12.4. The zero-order valence-electron chi connectivity index (χ0n) is 14.9. The van der Waals surface area contributed by atoms with Crippen LogP contribution in [-0.4, -0.2) is 44.0 Å². The van der Waals surface area contributed by atoms with E-state index in [1.54, 1.807) is 48.5 Å². The molecular formula is C18H22ClN3O4. The van der Waals surface area contributed by atoms with Gasteiger partial charge < -0.3 is 19.8 Å². The van der Waals surface area contributed by atoms with Crippen LogP contribution in [0.25, 0.3) is 0 Å². The molecule has 2 rings (SSSR count). The van der Waals surface area contributed by atoms with Crippen molar-refractivity contribution in [2.75, 3.05) is 32.6 Å². The van der Waals surface area contributed by atoms with E-state index in [2.05, 4.69) is 10.6 Å². The lowest BCUT2D eigenvalue weighted by molar-refractivity contribution is -0.123. The number of hydrogen-bond donors (Lipinski definition) is 2.